The zero-order valence-corrected chi connectivity index (χ0v) is 7.96. The molecule has 1 nitrogen and oxygen atoms in total. The van der Waals surface area contributed by atoms with Gasteiger partial charge in [-0.3, -0.25) is 0 Å². The Labute approximate surface area is 74.1 Å². The molecule has 0 aromatic heterocycles. The second kappa shape index (κ2) is 3.72. The molecule has 0 spiro atoms. The fourth-order valence-corrected chi connectivity index (χ4v) is 1.41. The van der Waals surface area contributed by atoms with Gasteiger partial charge < -0.3 is 5.11 Å². The number of aliphatic hydroxyl groups is 1. The van der Waals surface area contributed by atoms with Gasteiger partial charge >= 0.3 is 0 Å². The second-order valence-corrected chi connectivity index (χ2v) is 3.50. The number of rotatable bonds is 2. The van der Waals surface area contributed by atoms with Gasteiger partial charge in [0.25, 0.3) is 0 Å². The van der Waals surface area contributed by atoms with E-state index in [0.717, 1.165) is 5.56 Å². The lowest BCUT2D eigenvalue weighted by atomic mass is 9.96. The van der Waals surface area contributed by atoms with Crippen molar-refractivity contribution in [3.05, 3.63) is 34.9 Å². The standard InChI is InChI=1S/C11H16O/c1-8(2)11-6-10(7-12)5-4-9(11)3/h4-6,8,12H,7H2,1-3H3. The molecule has 12 heavy (non-hydrogen) atoms. The van der Waals surface area contributed by atoms with Gasteiger partial charge in [-0.1, -0.05) is 32.0 Å². The van der Waals surface area contributed by atoms with Crippen LogP contribution in [0, 0.1) is 6.92 Å². The zero-order valence-electron chi connectivity index (χ0n) is 7.96. The van der Waals surface area contributed by atoms with E-state index in [-0.39, 0.29) is 6.61 Å². The van der Waals surface area contributed by atoms with E-state index in [0.29, 0.717) is 5.92 Å². The Kier molecular flexibility index (Phi) is 2.88. The first-order chi connectivity index (χ1) is 5.65. The molecule has 1 N–H and O–H groups in total. The van der Waals surface area contributed by atoms with Crippen LogP contribution in [0.4, 0.5) is 0 Å². The maximum atomic E-state index is 8.93. The summed E-state index contributed by atoms with van der Waals surface area (Å²) >= 11 is 0. The molecule has 0 aliphatic carbocycles. The SMILES string of the molecule is Cc1ccc(CO)cc1C(C)C. The van der Waals surface area contributed by atoms with E-state index in [9.17, 15) is 0 Å². The van der Waals surface area contributed by atoms with Crippen LogP contribution in [-0.2, 0) is 6.61 Å². The fourth-order valence-electron chi connectivity index (χ4n) is 1.41. The minimum Gasteiger partial charge on any atom is -0.392 e. The number of hydrogen-bond donors (Lipinski definition) is 1. The minimum atomic E-state index is 0.139. The minimum absolute atomic E-state index is 0.139. The third-order valence-electron chi connectivity index (χ3n) is 2.15. The van der Waals surface area contributed by atoms with Gasteiger partial charge in [0.15, 0.2) is 0 Å². The Bertz CT molecular complexity index is 264. The van der Waals surface area contributed by atoms with Crippen LogP contribution in [0.1, 0.15) is 36.5 Å². The number of aliphatic hydroxyl groups excluding tert-OH is 1. The molecule has 0 fully saturated rings. The van der Waals surface area contributed by atoms with Crippen molar-refractivity contribution in [2.24, 2.45) is 0 Å². The van der Waals surface area contributed by atoms with Crippen molar-refractivity contribution in [2.45, 2.75) is 33.3 Å². The van der Waals surface area contributed by atoms with Crippen molar-refractivity contribution >= 4 is 0 Å². The highest BCUT2D eigenvalue weighted by molar-refractivity contribution is 5.32. The van der Waals surface area contributed by atoms with Gasteiger partial charge in [-0.05, 0) is 29.5 Å². The summed E-state index contributed by atoms with van der Waals surface area (Å²) in [6.45, 7) is 6.59. The first-order valence-corrected chi connectivity index (χ1v) is 4.35. The maximum Gasteiger partial charge on any atom is 0.0681 e. The first-order valence-electron chi connectivity index (χ1n) is 4.35. The highest BCUT2D eigenvalue weighted by Gasteiger charge is 2.03. The Hall–Kier alpha value is -0.820. The van der Waals surface area contributed by atoms with Gasteiger partial charge in [0.1, 0.15) is 0 Å². The molecule has 0 aliphatic rings. The Morgan fingerprint density at radius 3 is 2.50 bits per heavy atom. The van der Waals surface area contributed by atoms with Crippen molar-refractivity contribution < 1.29 is 5.11 Å². The molecule has 0 heterocycles. The van der Waals surface area contributed by atoms with Gasteiger partial charge in [-0.25, -0.2) is 0 Å². The van der Waals surface area contributed by atoms with E-state index in [2.05, 4.69) is 32.9 Å². The average molecular weight is 164 g/mol. The van der Waals surface area contributed by atoms with Gasteiger partial charge in [-0.15, -0.1) is 0 Å². The summed E-state index contributed by atoms with van der Waals surface area (Å²) in [5.74, 6) is 0.538. The molecular weight excluding hydrogens is 148 g/mol. The van der Waals surface area contributed by atoms with Crippen LogP contribution >= 0.6 is 0 Å². The lowest BCUT2D eigenvalue weighted by Crippen LogP contribution is -1.94. The third-order valence-corrected chi connectivity index (χ3v) is 2.15. The highest BCUT2D eigenvalue weighted by atomic mass is 16.3. The summed E-state index contributed by atoms with van der Waals surface area (Å²) in [5.41, 5.74) is 3.65. The molecule has 0 atom stereocenters. The summed E-state index contributed by atoms with van der Waals surface area (Å²) in [6, 6.07) is 6.13. The highest BCUT2D eigenvalue weighted by Crippen LogP contribution is 2.20. The average Bonchev–Trinajstić information content (AvgIpc) is 2.05. The van der Waals surface area contributed by atoms with Crippen molar-refractivity contribution in [3.8, 4) is 0 Å². The van der Waals surface area contributed by atoms with Crippen LogP contribution in [0.3, 0.4) is 0 Å². The number of hydrogen-bond acceptors (Lipinski definition) is 1. The summed E-state index contributed by atoms with van der Waals surface area (Å²) in [7, 11) is 0. The Morgan fingerprint density at radius 2 is 2.00 bits per heavy atom. The van der Waals surface area contributed by atoms with Gasteiger partial charge in [0.05, 0.1) is 6.61 Å². The molecule has 0 aliphatic heterocycles. The Morgan fingerprint density at radius 1 is 1.33 bits per heavy atom. The normalized spacial score (nSPS) is 10.8. The molecule has 0 saturated carbocycles. The topological polar surface area (TPSA) is 20.2 Å². The van der Waals surface area contributed by atoms with E-state index in [1.807, 2.05) is 6.07 Å². The lowest BCUT2D eigenvalue weighted by Gasteiger charge is -2.10. The Balaban J connectivity index is 3.08. The molecule has 1 aromatic rings. The molecule has 0 unspecified atom stereocenters. The molecule has 0 amide bonds. The van der Waals surface area contributed by atoms with E-state index in [4.69, 9.17) is 5.11 Å². The van der Waals surface area contributed by atoms with Crippen LogP contribution in [0.15, 0.2) is 18.2 Å². The third kappa shape index (κ3) is 1.86. The van der Waals surface area contributed by atoms with E-state index < -0.39 is 0 Å². The smallest absolute Gasteiger partial charge is 0.0681 e. The summed E-state index contributed by atoms with van der Waals surface area (Å²) in [4.78, 5) is 0. The number of benzene rings is 1. The molecule has 0 bridgehead atoms. The summed E-state index contributed by atoms with van der Waals surface area (Å²) in [6.07, 6.45) is 0. The van der Waals surface area contributed by atoms with Crippen LogP contribution in [-0.4, -0.2) is 5.11 Å². The molecule has 1 heteroatoms. The van der Waals surface area contributed by atoms with Crippen molar-refractivity contribution in [2.75, 3.05) is 0 Å². The van der Waals surface area contributed by atoms with Crippen molar-refractivity contribution in [3.63, 3.8) is 0 Å². The summed E-state index contributed by atoms with van der Waals surface area (Å²) in [5, 5.41) is 8.93. The van der Waals surface area contributed by atoms with Crippen LogP contribution in [0.25, 0.3) is 0 Å². The quantitative estimate of drug-likeness (QED) is 0.712. The fraction of sp³-hybridized carbons (Fsp3) is 0.455. The second-order valence-electron chi connectivity index (χ2n) is 3.50. The van der Waals surface area contributed by atoms with Crippen LogP contribution < -0.4 is 0 Å². The monoisotopic (exact) mass is 164 g/mol. The predicted octanol–water partition coefficient (Wildman–Crippen LogP) is 2.61. The van der Waals surface area contributed by atoms with Crippen LogP contribution in [0.5, 0.6) is 0 Å². The van der Waals surface area contributed by atoms with Gasteiger partial charge in [-0.2, -0.15) is 0 Å². The van der Waals surface area contributed by atoms with Crippen molar-refractivity contribution in [1.82, 2.24) is 0 Å². The first kappa shape index (κ1) is 9.27. The molecule has 1 rings (SSSR count). The molecule has 1 aromatic carbocycles. The molecule has 66 valence electrons. The zero-order chi connectivity index (χ0) is 9.14. The van der Waals surface area contributed by atoms with Crippen molar-refractivity contribution in [1.29, 1.82) is 0 Å². The molecule has 0 radical (unpaired) electrons. The van der Waals surface area contributed by atoms with E-state index in [1.54, 1.807) is 0 Å². The van der Waals surface area contributed by atoms with Gasteiger partial charge in [0.2, 0.25) is 0 Å². The largest absolute Gasteiger partial charge is 0.392 e. The molecule has 0 saturated heterocycles. The summed E-state index contributed by atoms with van der Waals surface area (Å²) < 4.78 is 0. The van der Waals surface area contributed by atoms with E-state index in [1.165, 1.54) is 11.1 Å². The van der Waals surface area contributed by atoms with E-state index >= 15 is 0 Å². The lowest BCUT2D eigenvalue weighted by molar-refractivity contribution is 0.281. The maximum absolute atomic E-state index is 8.93. The predicted molar refractivity (Wildman–Crippen MR) is 51.2 cm³/mol. The number of aryl methyl sites for hydroxylation is 1. The van der Waals surface area contributed by atoms with Crippen LogP contribution in [0.2, 0.25) is 0 Å². The molecular formula is C11H16O. The van der Waals surface area contributed by atoms with Gasteiger partial charge in [0, 0.05) is 0 Å².